The number of Topliss-reactive ketones (excluding diaryl/α,β-unsaturated/α-hetero) is 1. The molecule has 54 valence electrons. The first-order chi connectivity index (χ1) is 4.72. The zero-order valence-corrected chi connectivity index (χ0v) is 6.39. The first kappa shape index (κ1) is 7.37. The molecule has 4 heteroatoms. The van der Waals surface area contributed by atoms with Gasteiger partial charge in [-0.05, 0) is 18.5 Å². The number of hydrogen-bond donors (Lipinski definition) is 1. The Balaban J connectivity index is 2.78. The van der Waals surface area contributed by atoms with E-state index in [4.69, 9.17) is 5.73 Å². The maximum Gasteiger partial charge on any atom is 0.181 e. The first-order valence-corrected chi connectivity index (χ1v) is 3.74. The van der Waals surface area contributed by atoms with Gasteiger partial charge in [0.15, 0.2) is 5.78 Å². The third kappa shape index (κ3) is 1.40. The van der Waals surface area contributed by atoms with Gasteiger partial charge >= 0.3 is 0 Å². The minimum atomic E-state index is -0.420. The molecule has 1 atom stereocenters. The maximum absolute atomic E-state index is 11.0. The molecule has 0 aliphatic rings. The lowest BCUT2D eigenvalue weighted by molar-refractivity contribution is 0.0968. The summed E-state index contributed by atoms with van der Waals surface area (Å²) in [5.74, 6) is -0.0475. The molecule has 1 rings (SSSR count). The van der Waals surface area contributed by atoms with E-state index in [2.05, 4.69) is 4.37 Å². The number of ketones is 1. The highest BCUT2D eigenvalue weighted by Gasteiger charge is 2.10. The molecule has 3 nitrogen and oxygen atoms in total. The molecule has 0 aromatic carbocycles. The summed E-state index contributed by atoms with van der Waals surface area (Å²) in [6.07, 6.45) is 1.54. The molecule has 10 heavy (non-hydrogen) atoms. The van der Waals surface area contributed by atoms with Crippen LogP contribution < -0.4 is 5.73 Å². The number of aromatic nitrogens is 1. The van der Waals surface area contributed by atoms with E-state index in [1.54, 1.807) is 12.3 Å². The smallest absolute Gasteiger partial charge is 0.181 e. The summed E-state index contributed by atoms with van der Waals surface area (Å²) in [6, 6.07) is -0.420. The Morgan fingerprint density at radius 1 is 1.90 bits per heavy atom. The summed E-state index contributed by atoms with van der Waals surface area (Å²) >= 11 is 1.26. The first-order valence-electron chi connectivity index (χ1n) is 2.91. The average Bonchev–Trinajstić information content (AvgIpc) is 2.36. The van der Waals surface area contributed by atoms with Crippen LogP contribution >= 0.6 is 11.5 Å². The van der Waals surface area contributed by atoms with Crippen LogP contribution in [-0.4, -0.2) is 16.2 Å². The summed E-state index contributed by atoms with van der Waals surface area (Å²) in [4.78, 5) is 11.0. The van der Waals surface area contributed by atoms with Gasteiger partial charge in [0, 0.05) is 10.9 Å². The molecule has 0 bridgehead atoms. The molecule has 0 spiro atoms. The van der Waals surface area contributed by atoms with E-state index in [0.717, 1.165) is 0 Å². The van der Waals surface area contributed by atoms with E-state index in [1.807, 2.05) is 0 Å². The van der Waals surface area contributed by atoms with Gasteiger partial charge in [0.25, 0.3) is 0 Å². The van der Waals surface area contributed by atoms with Gasteiger partial charge in [0.1, 0.15) is 0 Å². The van der Waals surface area contributed by atoms with Crippen molar-refractivity contribution < 1.29 is 4.79 Å². The molecule has 1 aromatic rings. The third-order valence-electron chi connectivity index (χ3n) is 1.13. The van der Waals surface area contributed by atoms with Crippen LogP contribution in [0.25, 0.3) is 0 Å². The van der Waals surface area contributed by atoms with Gasteiger partial charge in [0.05, 0.1) is 12.2 Å². The Hall–Kier alpha value is -0.740. The number of nitrogens with zero attached hydrogens (tertiary/aromatic N) is 1. The SMILES string of the molecule is C[C@H](N)C(=O)c1cnsc1. The molecule has 0 aliphatic carbocycles. The van der Waals surface area contributed by atoms with Crippen LogP contribution in [0.4, 0.5) is 0 Å². The fourth-order valence-corrected chi connectivity index (χ4v) is 1.12. The Morgan fingerprint density at radius 3 is 3.00 bits per heavy atom. The molecule has 0 fully saturated rings. The standard InChI is InChI=1S/C6H8N2OS/c1-4(7)6(9)5-2-8-10-3-5/h2-4H,7H2,1H3/t4-/m0/s1. The molecule has 0 saturated heterocycles. The summed E-state index contributed by atoms with van der Waals surface area (Å²) in [5, 5.41) is 1.70. The van der Waals surface area contributed by atoms with E-state index in [9.17, 15) is 4.79 Å². The molecular weight excluding hydrogens is 148 g/mol. The molecule has 1 heterocycles. The molecular formula is C6H8N2OS. The minimum absolute atomic E-state index is 0.0475. The number of carbonyl (C=O) groups is 1. The van der Waals surface area contributed by atoms with Crippen molar-refractivity contribution in [3.63, 3.8) is 0 Å². The molecule has 0 unspecified atom stereocenters. The van der Waals surface area contributed by atoms with Crippen molar-refractivity contribution in [2.75, 3.05) is 0 Å². The van der Waals surface area contributed by atoms with Crippen LogP contribution in [0.15, 0.2) is 11.6 Å². The van der Waals surface area contributed by atoms with Crippen LogP contribution in [0.3, 0.4) is 0 Å². The number of hydrogen-bond acceptors (Lipinski definition) is 4. The van der Waals surface area contributed by atoms with Gasteiger partial charge in [-0.15, -0.1) is 0 Å². The van der Waals surface area contributed by atoms with Gasteiger partial charge in [-0.1, -0.05) is 0 Å². The third-order valence-corrected chi connectivity index (χ3v) is 1.72. The molecule has 0 radical (unpaired) electrons. The Morgan fingerprint density at radius 2 is 2.60 bits per heavy atom. The second kappa shape index (κ2) is 2.90. The van der Waals surface area contributed by atoms with Gasteiger partial charge in [-0.2, -0.15) is 0 Å². The lowest BCUT2D eigenvalue weighted by atomic mass is 10.1. The lowest BCUT2D eigenvalue weighted by Gasteiger charge is -1.98. The van der Waals surface area contributed by atoms with Gasteiger partial charge in [-0.3, -0.25) is 4.79 Å². The van der Waals surface area contributed by atoms with Crippen LogP contribution in [0.1, 0.15) is 17.3 Å². The predicted molar refractivity (Wildman–Crippen MR) is 40.1 cm³/mol. The van der Waals surface area contributed by atoms with E-state index < -0.39 is 6.04 Å². The highest BCUT2D eigenvalue weighted by atomic mass is 32.1. The Bertz CT molecular complexity index is 218. The summed E-state index contributed by atoms with van der Waals surface area (Å²) in [7, 11) is 0. The largest absolute Gasteiger partial charge is 0.321 e. The highest BCUT2D eigenvalue weighted by Crippen LogP contribution is 2.03. The van der Waals surface area contributed by atoms with Crippen LogP contribution in [0, 0.1) is 0 Å². The van der Waals surface area contributed by atoms with Gasteiger partial charge < -0.3 is 5.73 Å². The molecule has 1 aromatic heterocycles. The molecule has 0 amide bonds. The van der Waals surface area contributed by atoms with Crippen molar-refractivity contribution in [1.29, 1.82) is 0 Å². The van der Waals surface area contributed by atoms with E-state index in [1.165, 1.54) is 17.7 Å². The monoisotopic (exact) mass is 156 g/mol. The van der Waals surface area contributed by atoms with E-state index in [0.29, 0.717) is 5.56 Å². The summed E-state index contributed by atoms with van der Waals surface area (Å²) < 4.78 is 3.79. The van der Waals surface area contributed by atoms with Crippen LogP contribution in [0.2, 0.25) is 0 Å². The molecule has 0 saturated carbocycles. The zero-order valence-electron chi connectivity index (χ0n) is 5.57. The summed E-state index contributed by atoms with van der Waals surface area (Å²) in [6.45, 7) is 1.67. The number of rotatable bonds is 2. The Labute approximate surface area is 63.0 Å². The maximum atomic E-state index is 11.0. The number of nitrogens with two attached hydrogens (primary N) is 1. The van der Waals surface area contributed by atoms with Crippen molar-refractivity contribution in [3.8, 4) is 0 Å². The van der Waals surface area contributed by atoms with Crippen molar-refractivity contribution in [1.82, 2.24) is 4.37 Å². The zero-order chi connectivity index (χ0) is 7.56. The van der Waals surface area contributed by atoms with Crippen molar-refractivity contribution in [2.45, 2.75) is 13.0 Å². The fraction of sp³-hybridized carbons (Fsp3) is 0.333. The van der Waals surface area contributed by atoms with Crippen molar-refractivity contribution in [3.05, 3.63) is 17.1 Å². The van der Waals surface area contributed by atoms with Gasteiger partial charge in [-0.25, -0.2) is 4.37 Å². The second-order valence-corrected chi connectivity index (χ2v) is 2.72. The molecule has 2 N–H and O–H groups in total. The second-order valence-electron chi connectivity index (χ2n) is 2.07. The van der Waals surface area contributed by atoms with Crippen LogP contribution in [-0.2, 0) is 0 Å². The van der Waals surface area contributed by atoms with Crippen molar-refractivity contribution >= 4 is 17.3 Å². The Kier molecular flexibility index (Phi) is 2.13. The average molecular weight is 156 g/mol. The van der Waals surface area contributed by atoms with E-state index >= 15 is 0 Å². The fourth-order valence-electron chi connectivity index (χ4n) is 0.589. The van der Waals surface area contributed by atoms with Gasteiger partial charge in [0.2, 0.25) is 0 Å². The molecule has 0 aliphatic heterocycles. The van der Waals surface area contributed by atoms with E-state index in [-0.39, 0.29) is 5.78 Å². The minimum Gasteiger partial charge on any atom is -0.321 e. The predicted octanol–water partition coefficient (Wildman–Crippen LogP) is 0.673. The summed E-state index contributed by atoms with van der Waals surface area (Å²) in [5.41, 5.74) is 5.97. The van der Waals surface area contributed by atoms with Crippen molar-refractivity contribution in [2.24, 2.45) is 5.73 Å². The number of carbonyl (C=O) groups excluding carboxylic acids is 1. The topological polar surface area (TPSA) is 56.0 Å². The van der Waals surface area contributed by atoms with Crippen LogP contribution in [0.5, 0.6) is 0 Å². The highest BCUT2D eigenvalue weighted by molar-refractivity contribution is 7.03. The quantitative estimate of drug-likeness (QED) is 0.640. The normalized spacial score (nSPS) is 13.0. The lowest BCUT2D eigenvalue weighted by Crippen LogP contribution is -2.26.